The van der Waals surface area contributed by atoms with Crippen molar-refractivity contribution in [1.29, 1.82) is 0 Å². The molecule has 0 radical (unpaired) electrons. The van der Waals surface area contributed by atoms with Gasteiger partial charge in [0.05, 0.1) is 10.0 Å². The van der Waals surface area contributed by atoms with Crippen molar-refractivity contribution in [2.75, 3.05) is 5.32 Å². The van der Waals surface area contributed by atoms with Crippen LogP contribution in [0.1, 0.15) is 21.0 Å². The van der Waals surface area contributed by atoms with Crippen molar-refractivity contribution in [3.05, 3.63) is 79.9 Å². The van der Waals surface area contributed by atoms with Gasteiger partial charge in [-0.2, -0.15) is 0 Å². The van der Waals surface area contributed by atoms with Crippen LogP contribution in [-0.2, 0) is 6.42 Å². The summed E-state index contributed by atoms with van der Waals surface area (Å²) in [6.07, 6.45) is 2.37. The van der Waals surface area contributed by atoms with Gasteiger partial charge in [0.25, 0.3) is 5.91 Å². The Labute approximate surface area is 173 Å². The average molecular weight is 438 g/mol. The molecule has 136 valence electrons. The van der Waals surface area contributed by atoms with E-state index < -0.39 is 0 Å². The van der Waals surface area contributed by atoms with Gasteiger partial charge in [0.2, 0.25) is 0 Å². The highest BCUT2D eigenvalue weighted by Crippen LogP contribution is 2.27. The number of aromatic nitrogens is 1. The zero-order chi connectivity index (χ0) is 19.0. The van der Waals surface area contributed by atoms with Gasteiger partial charge in [-0.3, -0.25) is 10.1 Å². The highest BCUT2D eigenvalue weighted by Gasteiger charge is 2.15. The predicted octanol–water partition coefficient (Wildman–Crippen LogP) is 6.69. The summed E-state index contributed by atoms with van der Waals surface area (Å²) in [6.45, 7) is 0. The molecule has 2 heterocycles. The maximum absolute atomic E-state index is 12.4. The fourth-order valence-corrected chi connectivity index (χ4v) is 3.93. The number of benzene rings is 2. The van der Waals surface area contributed by atoms with E-state index in [-0.39, 0.29) is 11.7 Å². The highest BCUT2D eigenvalue weighted by atomic mass is 35.5. The Balaban J connectivity index is 1.47. The van der Waals surface area contributed by atoms with Crippen molar-refractivity contribution in [1.82, 2.24) is 4.98 Å². The fourth-order valence-electron chi connectivity index (χ4n) is 2.58. The quantitative estimate of drug-likeness (QED) is 0.387. The molecule has 0 atom stereocenters. The molecule has 4 rings (SSSR count). The number of furan rings is 1. The summed E-state index contributed by atoms with van der Waals surface area (Å²) in [5.74, 6) is -0.161. The monoisotopic (exact) mass is 436 g/mol. The normalized spacial score (nSPS) is 11.1. The maximum atomic E-state index is 12.4. The van der Waals surface area contributed by atoms with Crippen molar-refractivity contribution >= 4 is 68.1 Å². The van der Waals surface area contributed by atoms with Crippen LogP contribution in [0.25, 0.3) is 11.0 Å². The summed E-state index contributed by atoms with van der Waals surface area (Å²) in [7, 11) is 0. The third-order valence-electron chi connectivity index (χ3n) is 3.84. The fraction of sp³-hybridized carbons (Fsp3) is 0.0526. The van der Waals surface area contributed by atoms with E-state index in [9.17, 15) is 4.79 Å². The van der Waals surface area contributed by atoms with Crippen LogP contribution in [0, 0.1) is 0 Å². The highest BCUT2D eigenvalue weighted by molar-refractivity contribution is 7.15. The molecule has 0 fully saturated rings. The van der Waals surface area contributed by atoms with E-state index in [0.29, 0.717) is 32.2 Å². The number of thiazole rings is 1. The van der Waals surface area contributed by atoms with Crippen molar-refractivity contribution in [2.24, 2.45) is 0 Å². The first kappa shape index (κ1) is 18.3. The number of halogens is 3. The van der Waals surface area contributed by atoms with Gasteiger partial charge < -0.3 is 4.42 Å². The van der Waals surface area contributed by atoms with Crippen LogP contribution in [0.2, 0.25) is 15.1 Å². The molecular weight excluding hydrogens is 427 g/mol. The smallest absolute Gasteiger partial charge is 0.293 e. The molecule has 0 spiro atoms. The molecule has 4 nitrogen and oxygen atoms in total. The van der Waals surface area contributed by atoms with E-state index >= 15 is 0 Å². The summed E-state index contributed by atoms with van der Waals surface area (Å²) >= 11 is 19.3. The summed E-state index contributed by atoms with van der Waals surface area (Å²) < 4.78 is 5.56. The number of amides is 1. The lowest BCUT2D eigenvalue weighted by Gasteiger charge is -2.01. The number of fused-ring (bicyclic) bond motifs is 1. The Bertz CT molecular complexity index is 1150. The zero-order valence-electron chi connectivity index (χ0n) is 13.6. The molecule has 0 aliphatic heterocycles. The van der Waals surface area contributed by atoms with E-state index in [1.165, 1.54) is 11.3 Å². The summed E-state index contributed by atoms with van der Waals surface area (Å²) in [5, 5.41) is 5.63. The van der Waals surface area contributed by atoms with Crippen molar-refractivity contribution in [3.63, 3.8) is 0 Å². The Morgan fingerprint density at radius 2 is 1.93 bits per heavy atom. The number of nitrogens with zero attached hydrogens (tertiary/aromatic N) is 1. The molecule has 2 aromatic carbocycles. The molecule has 0 bridgehead atoms. The van der Waals surface area contributed by atoms with Gasteiger partial charge in [-0.15, -0.1) is 11.3 Å². The average Bonchev–Trinajstić information content (AvgIpc) is 3.24. The molecule has 0 unspecified atom stereocenters. The lowest BCUT2D eigenvalue weighted by Crippen LogP contribution is -2.10. The summed E-state index contributed by atoms with van der Waals surface area (Å²) in [5.41, 5.74) is 1.61. The van der Waals surface area contributed by atoms with Crippen LogP contribution >= 0.6 is 46.1 Å². The van der Waals surface area contributed by atoms with Crippen molar-refractivity contribution in [2.45, 2.75) is 6.42 Å². The Kier molecular flexibility index (Phi) is 5.10. The van der Waals surface area contributed by atoms with Crippen LogP contribution in [0.5, 0.6) is 0 Å². The van der Waals surface area contributed by atoms with Gasteiger partial charge in [0, 0.05) is 27.9 Å². The Morgan fingerprint density at radius 3 is 2.74 bits per heavy atom. The Hall–Kier alpha value is -2.05. The van der Waals surface area contributed by atoms with Gasteiger partial charge in [0.1, 0.15) is 5.58 Å². The Morgan fingerprint density at radius 1 is 1.07 bits per heavy atom. The van der Waals surface area contributed by atoms with Crippen LogP contribution in [0.15, 0.2) is 53.1 Å². The number of carbonyl (C=O) groups is 1. The van der Waals surface area contributed by atoms with Gasteiger partial charge in [-0.05, 0) is 42.0 Å². The second-order valence-electron chi connectivity index (χ2n) is 5.80. The van der Waals surface area contributed by atoms with Crippen LogP contribution in [-0.4, -0.2) is 10.9 Å². The molecule has 0 saturated carbocycles. The topological polar surface area (TPSA) is 55.1 Å². The second-order valence-corrected chi connectivity index (χ2v) is 8.17. The number of hydrogen-bond acceptors (Lipinski definition) is 4. The molecule has 2 aromatic heterocycles. The molecule has 4 aromatic rings. The SMILES string of the molecule is O=C(Nc1ncc(Cc2ccc(Cl)c(Cl)c2)s1)c1cc2cc(Cl)ccc2o1. The van der Waals surface area contributed by atoms with Gasteiger partial charge >= 0.3 is 0 Å². The minimum atomic E-state index is -0.363. The summed E-state index contributed by atoms with van der Waals surface area (Å²) in [6, 6.07) is 12.3. The minimum absolute atomic E-state index is 0.202. The zero-order valence-corrected chi connectivity index (χ0v) is 16.7. The van der Waals surface area contributed by atoms with Gasteiger partial charge in [-0.1, -0.05) is 40.9 Å². The van der Waals surface area contributed by atoms with Crippen molar-refractivity contribution in [3.8, 4) is 0 Å². The van der Waals surface area contributed by atoms with Gasteiger partial charge in [-0.25, -0.2) is 4.98 Å². The van der Waals surface area contributed by atoms with Crippen molar-refractivity contribution < 1.29 is 9.21 Å². The molecule has 8 heteroatoms. The summed E-state index contributed by atoms with van der Waals surface area (Å²) in [4.78, 5) is 17.7. The number of rotatable bonds is 4. The number of carbonyl (C=O) groups excluding carboxylic acids is 1. The standard InChI is InChI=1S/C19H11Cl3N2O2S/c20-12-2-4-16-11(7-12)8-17(26-16)18(25)24-19-23-9-13(27-19)5-10-1-3-14(21)15(22)6-10/h1-4,6-9H,5H2,(H,23,24,25). The van der Waals surface area contributed by atoms with Crippen LogP contribution in [0.3, 0.4) is 0 Å². The molecule has 1 amide bonds. The first-order valence-electron chi connectivity index (χ1n) is 7.87. The van der Waals surface area contributed by atoms with E-state index in [0.717, 1.165) is 15.8 Å². The minimum Gasteiger partial charge on any atom is -0.451 e. The predicted molar refractivity (Wildman–Crippen MR) is 111 cm³/mol. The lowest BCUT2D eigenvalue weighted by molar-refractivity contribution is 0.0998. The third kappa shape index (κ3) is 4.12. The molecule has 0 aliphatic carbocycles. The maximum Gasteiger partial charge on any atom is 0.293 e. The molecule has 27 heavy (non-hydrogen) atoms. The third-order valence-corrected chi connectivity index (χ3v) is 5.73. The van der Waals surface area contributed by atoms with E-state index in [2.05, 4.69) is 10.3 Å². The number of hydrogen-bond donors (Lipinski definition) is 1. The molecular formula is C19H11Cl3N2O2S. The van der Waals surface area contributed by atoms with Crippen LogP contribution < -0.4 is 5.32 Å². The van der Waals surface area contributed by atoms with E-state index in [4.69, 9.17) is 39.2 Å². The number of anilines is 1. The number of nitrogens with one attached hydrogen (secondary N) is 1. The van der Waals surface area contributed by atoms with Gasteiger partial charge in [0.15, 0.2) is 10.9 Å². The second kappa shape index (κ2) is 7.52. The molecule has 0 saturated heterocycles. The molecule has 0 aliphatic rings. The van der Waals surface area contributed by atoms with E-state index in [1.807, 2.05) is 12.1 Å². The lowest BCUT2D eigenvalue weighted by atomic mass is 10.1. The van der Waals surface area contributed by atoms with Crippen LogP contribution in [0.4, 0.5) is 5.13 Å². The molecule has 1 N–H and O–H groups in total. The van der Waals surface area contributed by atoms with E-state index in [1.54, 1.807) is 36.5 Å². The largest absolute Gasteiger partial charge is 0.451 e. The first-order chi connectivity index (χ1) is 13.0. The first-order valence-corrected chi connectivity index (χ1v) is 9.82.